The van der Waals surface area contributed by atoms with Crippen LogP contribution >= 0.6 is 22.9 Å². The molecule has 2 amide bonds. The van der Waals surface area contributed by atoms with Crippen molar-refractivity contribution in [1.82, 2.24) is 10.3 Å². The smallest absolute Gasteiger partial charge is 0.319 e. The van der Waals surface area contributed by atoms with E-state index in [-0.39, 0.29) is 6.03 Å². The molecule has 0 bridgehead atoms. The van der Waals surface area contributed by atoms with Crippen molar-refractivity contribution in [3.05, 3.63) is 45.4 Å². The van der Waals surface area contributed by atoms with Gasteiger partial charge in [0.15, 0.2) is 0 Å². The van der Waals surface area contributed by atoms with Crippen LogP contribution in [-0.2, 0) is 6.42 Å². The Balaban J connectivity index is 1.74. The van der Waals surface area contributed by atoms with Gasteiger partial charge in [0.2, 0.25) is 0 Å². The second-order valence-electron chi connectivity index (χ2n) is 3.98. The van der Waals surface area contributed by atoms with E-state index in [0.717, 1.165) is 17.1 Å². The Kier molecular flexibility index (Phi) is 4.76. The number of aromatic nitrogens is 1. The molecule has 4 nitrogen and oxygen atoms in total. The summed E-state index contributed by atoms with van der Waals surface area (Å²) in [7, 11) is 0. The van der Waals surface area contributed by atoms with E-state index >= 15 is 0 Å². The SMILES string of the molecule is Cc1ncc(CCNC(=O)Nc2ccc(Cl)cc2)s1. The molecule has 1 aromatic carbocycles. The summed E-state index contributed by atoms with van der Waals surface area (Å²) < 4.78 is 0. The maximum atomic E-state index is 11.6. The van der Waals surface area contributed by atoms with Gasteiger partial charge in [0.1, 0.15) is 0 Å². The molecule has 0 saturated carbocycles. The number of rotatable bonds is 4. The van der Waals surface area contributed by atoms with Crippen LogP contribution in [0, 0.1) is 6.92 Å². The van der Waals surface area contributed by atoms with Gasteiger partial charge in [-0.3, -0.25) is 0 Å². The highest BCUT2D eigenvalue weighted by Crippen LogP contribution is 2.13. The number of urea groups is 1. The summed E-state index contributed by atoms with van der Waals surface area (Å²) in [5.74, 6) is 0. The maximum Gasteiger partial charge on any atom is 0.319 e. The molecule has 0 aliphatic carbocycles. The monoisotopic (exact) mass is 295 g/mol. The fourth-order valence-electron chi connectivity index (χ4n) is 1.53. The van der Waals surface area contributed by atoms with Crippen LogP contribution < -0.4 is 10.6 Å². The van der Waals surface area contributed by atoms with Crippen molar-refractivity contribution >= 4 is 34.7 Å². The predicted octanol–water partition coefficient (Wildman–Crippen LogP) is 3.47. The van der Waals surface area contributed by atoms with Crippen molar-refractivity contribution < 1.29 is 4.79 Å². The fourth-order valence-corrected chi connectivity index (χ4v) is 2.45. The molecular formula is C13H14ClN3OS. The Morgan fingerprint density at radius 1 is 1.37 bits per heavy atom. The number of aryl methyl sites for hydroxylation is 1. The van der Waals surface area contributed by atoms with Crippen molar-refractivity contribution in [2.75, 3.05) is 11.9 Å². The maximum absolute atomic E-state index is 11.6. The summed E-state index contributed by atoms with van der Waals surface area (Å²) >= 11 is 7.42. The minimum absolute atomic E-state index is 0.219. The van der Waals surface area contributed by atoms with Crippen LogP contribution in [0.15, 0.2) is 30.5 Å². The van der Waals surface area contributed by atoms with E-state index in [1.807, 2.05) is 13.1 Å². The highest BCUT2D eigenvalue weighted by atomic mass is 35.5. The van der Waals surface area contributed by atoms with Gasteiger partial charge in [-0.15, -0.1) is 11.3 Å². The van der Waals surface area contributed by atoms with Gasteiger partial charge in [0.05, 0.1) is 5.01 Å². The van der Waals surface area contributed by atoms with Crippen LogP contribution in [0.1, 0.15) is 9.88 Å². The Hall–Kier alpha value is -1.59. The molecule has 0 radical (unpaired) electrons. The summed E-state index contributed by atoms with van der Waals surface area (Å²) in [6.45, 7) is 2.55. The normalized spacial score (nSPS) is 10.2. The largest absolute Gasteiger partial charge is 0.338 e. The summed E-state index contributed by atoms with van der Waals surface area (Å²) in [6, 6.07) is 6.76. The van der Waals surface area contributed by atoms with Crippen molar-refractivity contribution in [3.8, 4) is 0 Å². The second kappa shape index (κ2) is 6.54. The molecule has 2 rings (SSSR count). The zero-order valence-electron chi connectivity index (χ0n) is 10.4. The molecule has 0 unspecified atom stereocenters. The van der Waals surface area contributed by atoms with E-state index in [2.05, 4.69) is 15.6 Å². The van der Waals surface area contributed by atoms with Crippen LogP contribution in [0.25, 0.3) is 0 Å². The van der Waals surface area contributed by atoms with Crippen molar-refractivity contribution in [2.24, 2.45) is 0 Å². The zero-order valence-corrected chi connectivity index (χ0v) is 12.0. The number of nitrogens with zero attached hydrogens (tertiary/aromatic N) is 1. The van der Waals surface area contributed by atoms with E-state index in [9.17, 15) is 4.79 Å². The lowest BCUT2D eigenvalue weighted by molar-refractivity contribution is 0.252. The third-order valence-corrected chi connectivity index (χ3v) is 3.65. The first-order valence-corrected chi connectivity index (χ1v) is 7.04. The molecule has 0 fully saturated rings. The number of halogens is 1. The number of anilines is 1. The van der Waals surface area contributed by atoms with Crippen LogP contribution in [0.3, 0.4) is 0 Å². The lowest BCUT2D eigenvalue weighted by Gasteiger charge is -2.06. The Labute approximate surface area is 120 Å². The Morgan fingerprint density at radius 3 is 2.74 bits per heavy atom. The van der Waals surface area contributed by atoms with Gasteiger partial charge in [-0.2, -0.15) is 0 Å². The number of hydrogen-bond acceptors (Lipinski definition) is 3. The average Bonchev–Trinajstić information content (AvgIpc) is 2.78. The summed E-state index contributed by atoms with van der Waals surface area (Å²) in [4.78, 5) is 17.0. The Morgan fingerprint density at radius 2 is 2.11 bits per heavy atom. The van der Waals surface area contributed by atoms with Crippen LogP contribution in [0.4, 0.5) is 10.5 Å². The first-order chi connectivity index (χ1) is 9.13. The summed E-state index contributed by atoms with van der Waals surface area (Å²) in [5.41, 5.74) is 0.718. The highest BCUT2D eigenvalue weighted by molar-refractivity contribution is 7.11. The number of thiazole rings is 1. The van der Waals surface area contributed by atoms with Gasteiger partial charge in [-0.25, -0.2) is 9.78 Å². The van der Waals surface area contributed by atoms with Gasteiger partial charge in [-0.05, 0) is 31.2 Å². The third kappa shape index (κ3) is 4.54. The van der Waals surface area contributed by atoms with Gasteiger partial charge in [-0.1, -0.05) is 11.6 Å². The van der Waals surface area contributed by atoms with E-state index in [0.29, 0.717) is 11.6 Å². The molecule has 2 aromatic rings. The number of nitrogens with one attached hydrogen (secondary N) is 2. The summed E-state index contributed by atoms with van der Waals surface area (Å²) in [5, 5.41) is 7.23. The fraction of sp³-hybridized carbons (Fsp3) is 0.231. The number of carbonyl (C=O) groups excluding carboxylic acids is 1. The first-order valence-electron chi connectivity index (χ1n) is 5.85. The summed E-state index contributed by atoms with van der Waals surface area (Å²) in [6.07, 6.45) is 2.64. The van der Waals surface area contributed by atoms with E-state index in [4.69, 9.17) is 11.6 Å². The minimum atomic E-state index is -0.219. The molecule has 1 aromatic heterocycles. The van der Waals surface area contributed by atoms with Crippen LogP contribution in [0.5, 0.6) is 0 Å². The highest BCUT2D eigenvalue weighted by Gasteiger charge is 2.02. The van der Waals surface area contributed by atoms with Gasteiger partial charge in [0, 0.05) is 34.7 Å². The molecular weight excluding hydrogens is 282 g/mol. The molecule has 1 heterocycles. The lowest BCUT2D eigenvalue weighted by Crippen LogP contribution is -2.30. The number of hydrogen-bond donors (Lipinski definition) is 2. The molecule has 19 heavy (non-hydrogen) atoms. The molecule has 0 aliphatic heterocycles. The number of carbonyl (C=O) groups is 1. The lowest BCUT2D eigenvalue weighted by atomic mass is 10.3. The minimum Gasteiger partial charge on any atom is -0.338 e. The predicted molar refractivity (Wildman–Crippen MR) is 79.0 cm³/mol. The third-order valence-electron chi connectivity index (χ3n) is 2.43. The molecule has 0 aliphatic rings. The van der Waals surface area contributed by atoms with E-state index in [1.54, 1.807) is 35.6 Å². The standard InChI is InChI=1S/C13H14ClN3OS/c1-9-16-8-12(19-9)6-7-15-13(18)17-11-4-2-10(14)3-5-11/h2-5,8H,6-7H2,1H3,(H2,15,17,18). The topological polar surface area (TPSA) is 54.0 Å². The quantitative estimate of drug-likeness (QED) is 0.907. The van der Waals surface area contributed by atoms with Gasteiger partial charge >= 0.3 is 6.03 Å². The molecule has 6 heteroatoms. The number of benzene rings is 1. The molecule has 0 saturated heterocycles. The van der Waals surface area contributed by atoms with Gasteiger partial charge < -0.3 is 10.6 Å². The van der Waals surface area contributed by atoms with E-state index in [1.165, 1.54) is 4.88 Å². The molecule has 100 valence electrons. The van der Waals surface area contributed by atoms with Crippen molar-refractivity contribution in [2.45, 2.75) is 13.3 Å². The van der Waals surface area contributed by atoms with Crippen molar-refractivity contribution in [1.29, 1.82) is 0 Å². The second-order valence-corrected chi connectivity index (χ2v) is 5.74. The average molecular weight is 296 g/mol. The Bertz CT molecular complexity index is 553. The number of amides is 2. The molecule has 2 N–H and O–H groups in total. The van der Waals surface area contributed by atoms with E-state index < -0.39 is 0 Å². The first kappa shape index (κ1) is 13.8. The molecule has 0 atom stereocenters. The zero-order chi connectivity index (χ0) is 13.7. The van der Waals surface area contributed by atoms with Gasteiger partial charge in [0.25, 0.3) is 0 Å². The van der Waals surface area contributed by atoms with Crippen LogP contribution in [-0.4, -0.2) is 17.6 Å². The van der Waals surface area contributed by atoms with Crippen LogP contribution in [0.2, 0.25) is 5.02 Å². The van der Waals surface area contributed by atoms with Crippen molar-refractivity contribution in [3.63, 3.8) is 0 Å². The molecule has 0 spiro atoms.